The lowest BCUT2D eigenvalue weighted by Crippen LogP contribution is -2.49. The molecule has 2 unspecified atom stereocenters. The van der Waals surface area contributed by atoms with Gasteiger partial charge in [0.25, 0.3) is 0 Å². The number of benzene rings is 3. The lowest BCUT2D eigenvalue weighted by atomic mass is 9.66. The molecule has 188 valence electrons. The second-order valence-corrected chi connectivity index (χ2v) is 10.7. The van der Waals surface area contributed by atoms with Crippen molar-refractivity contribution in [3.05, 3.63) is 76.6 Å². The Kier molecular flexibility index (Phi) is 5.36. The average molecular weight is 517 g/mol. The number of nitrogens with zero attached hydrogens (tertiary/aromatic N) is 2. The van der Waals surface area contributed by atoms with E-state index < -0.39 is 29.1 Å². The van der Waals surface area contributed by atoms with E-state index in [0.29, 0.717) is 39.3 Å². The third-order valence-corrected chi connectivity index (χ3v) is 8.70. The van der Waals surface area contributed by atoms with Crippen LogP contribution in [0.5, 0.6) is 5.75 Å². The van der Waals surface area contributed by atoms with Crippen molar-refractivity contribution < 1.29 is 24.2 Å². The van der Waals surface area contributed by atoms with Crippen molar-refractivity contribution >= 4 is 45.6 Å². The Morgan fingerprint density at radius 3 is 2.59 bits per heavy atom. The SMILES string of the molecule is [C-]#[N+]c1ccc(N2C(=O)[C@@H]3[C@H](C2=O)C2(C)OC3(CCOc3ccc(Cl)c(C)c3)C[C@H]2O)c2ccccc12. The second-order valence-electron chi connectivity index (χ2n) is 10.3. The Morgan fingerprint density at radius 2 is 1.86 bits per heavy atom. The fourth-order valence-electron chi connectivity index (χ4n) is 6.47. The number of amides is 2. The topological polar surface area (TPSA) is 80.4 Å². The van der Waals surface area contributed by atoms with E-state index in [4.69, 9.17) is 27.6 Å². The molecule has 3 heterocycles. The minimum atomic E-state index is -1.17. The van der Waals surface area contributed by atoms with Crippen LogP contribution in [0.1, 0.15) is 25.3 Å². The summed E-state index contributed by atoms with van der Waals surface area (Å²) >= 11 is 6.12. The number of anilines is 1. The highest BCUT2D eigenvalue weighted by Gasteiger charge is 2.77. The molecule has 3 aromatic rings. The molecule has 6 rings (SSSR count). The minimum Gasteiger partial charge on any atom is -0.493 e. The van der Waals surface area contributed by atoms with E-state index in [9.17, 15) is 14.7 Å². The Morgan fingerprint density at radius 1 is 1.14 bits per heavy atom. The molecule has 1 N–H and O–H groups in total. The summed E-state index contributed by atoms with van der Waals surface area (Å²) in [6.45, 7) is 11.3. The minimum absolute atomic E-state index is 0.247. The fourth-order valence-corrected chi connectivity index (χ4v) is 6.59. The largest absolute Gasteiger partial charge is 0.493 e. The molecule has 0 radical (unpaired) electrons. The maximum atomic E-state index is 14.0. The van der Waals surface area contributed by atoms with Crippen LogP contribution in [-0.4, -0.2) is 40.8 Å². The van der Waals surface area contributed by atoms with Gasteiger partial charge in [0.05, 0.1) is 42.4 Å². The molecule has 0 saturated carbocycles. The van der Waals surface area contributed by atoms with Crippen molar-refractivity contribution in [1.29, 1.82) is 0 Å². The van der Waals surface area contributed by atoms with Gasteiger partial charge in [0.15, 0.2) is 5.69 Å². The molecule has 3 aliphatic heterocycles. The molecule has 0 aliphatic carbocycles. The molecule has 2 amide bonds. The van der Waals surface area contributed by atoms with Crippen molar-refractivity contribution in [2.75, 3.05) is 11.5 Å². The van der Waals surface area contributed by atoms with Gasteiger partial charge in [-0.3, -0.25) is 9.59 Å². The molecule has 3 saturated heterocycles. The van der Waals surface area contributed by atoms with E-state index in [1.54, 1.807) is 31.2 Å². The highest BCUT2D eigenvalue weighted by Crippen LogP contribution is 2.62. The van der Waals surface area contributed by atoms with Crippen molar-refractivity contribution in [3.8, 4) is 5.75 Å². The lowest BCUT2D eigenvalue weighted by Gasteiger charge is -2.33. The molecule has 37 heavy (non-hydrogen) atoms. The molecule has 7 nitrogen and oxygen atoms in total. The van der Waals surface area contributed by atoms with Crippen molar-refractivity contribution in [2.24, 2.45) is 11.8 Å². The average Bonchev–Trinajstić information content (AvgIpc) is 3.41. The summed E-state index contributed by atoms with van der Waals surface area (Å²) in [4.78, 5) is 32.7. The number of imide groups is 1. The standard InChI is InChI=1S/C29H25ClN2O5/c1-16-14-17(8-9-20(16)30)36-13-12-29-15-23(33)28(2,37-29)24-25(29)27(35)32(26(24)34)22-11-10-21(31-3)18-6-4-5-7-19(18)22/h4-11,14,23-25,33H,12-13,15H2,1-2H3/t23-,24-,25+,28?,29?/m1/s1. The number of aliphatic hydroxyl groups excluding tert-OH is 1. The van der Waals surface area contributed by atoms with E-state index in [-0.39, 0.29) is 24.8 Å². The number of aryl methyl sites for hydroxylation is 1. The number of carbonyl (C=O) groups excluding carboxylic acids is 2. The molecule has 5 atom stereocenters. The summed E-state index contributed by atoms with van der Waals surface area (Å²) in [6.07, 6.45) is -0.297. The number of hydrogen-bond acceptors (Lipinski definition) is 5. The number of ether oxygens (including phenoxy) is 2. The predicted molar refractivity (Wildman–Crippen MR) is 139 cm³/mol. The third kappa shape index (κ3) is 3.33. The summed E-state index contributed by atoms with van der Waals surface area (Å²) in [5.41, 5.74) is -0.394. The zero-order valence-electron chi connectivity index (χ0n) is 20.4. The Hall–Kier alpha value is -3.44. The first-order valence-electron chi connectivity index (χ1n) is 12.2. The molecular formula is C29H25ClN2O5. The quantitative estimate of drug-likeness (QED) is 0.371. The van der Waals surface area contributed by atoms with E-state index in [2.05, 4.69) is 4.85 Å². The van der Waals surface area contributed by atoms with Gasteiger partial charge in [-0.2, -0.15) is 0 Å². The van der Waals surface area contributed by atoms with Crippen molar-refractivity contribution in [1.82, 2.24) is 0 Å². The molecule has 3 aliphatic rings. The van der Waals surface area contributed by atoms with Crippen LogP contribution in [0.3, 0.4) is 0 Å². The van der Waals surface area contributed by atoms with Crippen LogP contribution in [0.15, 0.2) is 54.6 Å². The van der Waals surface area contributed by atoms with Crippen LogP contribution in [0.25, 0.3) is 15.6 Å². The Bertz CT molecular complexity index is 1520. The zero-order valence-corrected chi connectivity index (χ0v) is 21.2. The summed E-state index contributed by atoms with van der Waals surface area (Å²) in [5.74, 6) is -1.61. The van der Waals surface area contributed by atoms with E-state index in [0.717, 1.165) is 5.56 Å². The van der Waals surface area contributed by atoms with Crippen molar-refractivity contribution in [2.45, 2.75) is 44.0 Å². The van der Waals surface area contributed by atoms with E-state index in [1.165, 1.54) is 4.90 Å². The molecule has 3 aromatic carbocycles. The number of rotatable bonds is 5. The number of hydrogen-bond donors (Lipinski definition) is 1. The maximum absolute atomic E-state index is 14.0. The third-order valence-electron chi connectivity index (χ3n) is 8.28. The Labute approximate surface area is 219 Å². The Balaban J connectivity index is 1.35. The van der Waals surface area contributed by atoms with Gasteiger partial charge in [-0.05, 0) is 54.4 Å². The summed E-state index contributed by atoms with van der Waals surface area (Å²) in [5, 5.41) is 13.0. The van der Waals surface area contributed by atoms with Gasteiger partial charge in [0.1, 0.15) is 11.4 Å². The number of halogens is 1. The molecule has 2 bridgehead atoms. The smallest absolute Gasteiger partial charge is 0.240 e. The van der Waals surface area contributed by atoms with Gasteiger partial charge in [-0.15, -0.1) is 0 Å². The first-order chi connectivity index (χ1) is 17.7. The van der Waals surface area contributed by atoms with Gasteiger partial charge in [0, 0.05) is 17.9 Å². The number of fused-ring (bicyclic) bond motifs is 6. The molecule has 8 heteroatoms. The van der Waals surface area contributed by atoms with Gasteiger partial charge < -0.3 is 14.6 Å². The monoisotopic (exact) mass is 516 g/mol. The van der Waals surface area contributed by atoms with Gasteiger partial charge in [-0.1, -0.05) is 41.9 Å². The first kappa shape index (κ1) is 23.9. The summed E-state index contributed by atoms with van der Waals surface area (Å²) in [6, 6.07) is 16.0. The number of carbonyl (C=O) groups is 2. The zero-order chi connectivity index (χ0) is 26.1. The molecule has 0 spiro atoms. The van der Waals surface area contributed by atoms with Gasteiger partial charge in [-0.25, -0.2) is 9.74 Å². The molecule has 0 aromatic heterocycles. The van der Waals surface area contributed by atoms with Crippen LogP contribution in [0.2, 0.25) is 5.02 Å². The molecule has 3 fully saturated rings. The summed E-state index contributed by atoms with van der Waals surface area (Å²) < 4.78 is 12.4. The van der Waals surface area contributed by atoms with Crippen LogP contribution < -0.4 is 9.64 Å². The number of aliphatic hydroxyl groups is 1. The first-order valence-corrected chi connectivity index (χ1v) is 12.6. The normalized spacial score (nSPS) is 30.1. The lowest BCUT2D eigenvalue weighted by molar-refractivity contribution is -0.134. The van der Waals surface area contributed by atoms with Crippen LogP contribution in [-0.2, 0) is 14.3 Å². The highest BCUT2D eigenvalue weighted by atomic mass is 35.5. The van der Waals surface area contributed by atoms with E-state index in [1.807, 2.05) is 37.3 Å². The van der Waals surface area contributed by atoms with Crippen LogP contribution >= 0.6 is 11.6 Å². The maximum Gasteiger partial charge on any atom is 0.240 e. The van der Waals surface area contributed by atoms with Gasteiger partial charge in [0.2, 0.25) is 11.8 Å². The predicted octanol–water partition coefficient (Wildman–Crippen LogP) is 5.22. The van der Waals surface area contributed by atoms with E-state index >= 15 is 0 Å². The van der Waals surface area contributed by atoms with Crippen LogP contribution in [0, 0.1) is 25.3 Å². The van der Waals surface area contributed by atoms with Gasteiger partial charge >= 0.3 is 0 Å². The fraction of sp³-hybridized carbons (Fsp3) is 0.345. The molecular weight excluding hydrogens is 492 g/mol. The van der Waals surface area contributed by atoms with Crippen molar-refractivity contribution in [3.63, 3.8) is 0 Å². The summed E-state index contributed by atoms with van der Waals surface area (Å²) in [7, 11) is 0. The van der Waals surface area contributed by atoms with Crippen LogP contribution in [0.4, 0.5) is 11.4 Å². The highest BCUT2D eigenvalue weighted by molar-refractivity contribution is 6.31. The second kappa shape index (κ2) is 8.29.